The van der Waals surface area contributed by atoms with Gasteiger partial charge in [0.2, 0.25) is 0 Å². The molecule has 18 rings (SSSR count). The van der Waals surface area contributed by atoms with E-state index in [1.165, 1.54) is 164 Å². The molecular formula is C87H72BN3. The topological polar surface area (TPSA) is 22.8 Å². The molecule has 3 aromatic heterocycles. The molecule has 0 spiro atoms. The van der Waals surface area contributed by atoms with Crippen LogP contribution < -0.4 is 16.4 Å². The summed E-state index contributed by atoms with van der Waals surface area (Å²) in [5.74, 6) is 0. The maximum atomic E-state index is 5.20. The van der Waals surface area contributed by atoms with Crippen molar-refractivity contribution in [2.45, 2.75) is 105 Å². The minimum atomic E-state index is -0.141. The summed E-state index contributed by atoms with van der Waals surface area (Å²) >= 11 is 0. The summed E-state index contributed by atoms with van der Waals surface area (Å²) in [5, 5.41) is 20.6. The van der Waals surface area contributed by atoms with Gasteiger partial charge in [-0.3, -0.25) is 4.98 Å². The van der Waals surface area contributed by atoms with Crippen LogP contribution in [0.1, 0.15) is 105 Å². The van der Waals surface area contributed by atoms with Gasteiger partial charge in [0, 0.05) is 78.3 Å². The number of pyridine rings is 1. The van der Waals surface area contributed by atoms with Crippen LogP contribution in [-0.2, 0) is 21.7 Å². The molecule has 0 amide bonds. The second kappa shape index (κ2) is 18.4. The fourth-order valence-corrected chi connectivity index (χ4v) is 16.5. The molecular weight excluding hydrogens is 1100 g/mol. The van der Waals surface area contributed by atoms with Gasteiger partial charge < -0.3 is 9.13 Å². The summed E-state index contributed by atoms with van der Waals surface area (Å²) in [6.07, 6.45) is 4.26. The van der Waals surface area contributed by atoms with E-state index in [0.29, 0.717) is 0 Å². The number of hydrogen-bond donors (Lipinski definition) is 0. The van der Waals surface area contributed by atoms with Gasteiger partial charge in [-0.1, -0.05) is 253 Å². The van der Waals surface area contributed by atoms with Gasteiger partial charge in [-0.2, -0.15) is 0 Å². The second-order valence-corrected chi connectivity index (χ2v) is 30.7. The van der Waals surface area contributed by atoms with Crippen molar-refractivity contribution in [3.8, 4) is 44.8 Å². The molecule has 0 bridgehead atoms. The quantitative estimate of drug-likeness (QED) is 0.128. The van der Waals surface area contributed by atoms with E-state index in [9.17, 15) is 0 Å². The van der Waals surface area contributed by atoms with Crippen molar-refractivity contribution >= 4 is 131 Å². The van der Waals surface area contributed by atoms with Gasteiger partial charge in [-0.05, 0) is 167 Å². The van der Waals surface area contributed by atoms with Gasteiger partial charge in [0.15, 0.2) is 0 Å². The zero-order chi connectivity index (χ0) is 62.1. The molecule has 4 heteroatoms. The first kappa shape index (κ1) is 54.2. The maximum absolute atomic E-state index is 5.20. The highest BCUT2D eigenvalue weighted by atomic mass is 15.0. The van der Waals surface area contributed by atoms with Gasteiger partial charge in [-0.15, -0.1) is 0 Å². The van der Waals surface area contributed by atoms with E-state index >= 15 is 0 Å². The molecule has 0 aliphatic carbocycles. The molecule has 0 saturated carbocycles. The lowest BCUT2D eigenvalue weighted by Crippen LogP contribution is -2.59. The third kappa shape index (κ3) is 7.60. The Morgan fingerprint density at radius 1 is 0.297 bits per heavy atom. The number of fused-ring (bicyclic) bond motifs is 24. The number of aromatic nitrogens is 3. The Morgan fingerprint density at radius 2 is 0.703 bits per heavy atom. The van der Waals surface area contributed by atoms with E-state index < -0.39 is 0 Å². The molecule has 0 N–H and O–H groups in total. The Kier molecular flexibility index (Phi) is 11.0. The molecule has 2 aliphatic rings. The van der Waals surface area contributed by atoms with Crippen molar-refractivity contribution in [3.05, 3.63) is 241 Å². The average Bonchev–Trinajstić information content (AvgIpc) is 1.55. The van der Waals surface area contributed by atoms with Crippen LogP contribution in [0.15, 0.2) is 219 Å². The first-order valence-electron chi connectivity index (χ1n) is 32.8. The monoisotopic (exact) mass is 1170 g/mol. The number of hydrogen-bond acceptors (Lipinski definition) is 1. The molecule has 0 radical (unpaired) electrons. The molecule has 0 unspecified atom stereocenters. The minimum absolute atomic E-state index is 0.00695. The maximum Gasteiger partial charge on any atom is 0.252 e. The van der Waals surface area contributed by atoms with E-state index in [-0.39, 0.29) is 28.4 Å². The van der Waals surface area contributed by atoms with E-state index in [1.807, 2.05) is 0 Å². The summed E-state index contributed by atoms with van der Waals surface area (Å²) in [5.41, 5.74) is 23.4. The van der Waals surface area contributed by atoms with Crippen LogP contribution in [0, 0.1) is 0 Å². The average molecular weight is 1170 g/mol. The standard InChI is InChI=1S/C87H72BN3/c1-84(2,3)52-33-29-49(30-34-52)68-47-89-48-69(50-31-35-53(36-32-50)85(4,5)6)76(68)51-41-74-81-75(42-51)91-73-40-38-64-60-25-15-13-21-56(60)58-23-17-19-27-62(58)77(64)79(73)80-78-63-28-20-18-24-59(63)57-22-14-16-26-61(57)66(78)46-71(83(80)91)88(81)70-45-55(87(10,11)12)44-67-65-43-54(86(7,8)9)37-39-72(65)90(74)82(67)70/h13-48H,1-12H3. The zero-order valence-electron chi connectivity index (χ0n) is 54.2. The van der Waals surface area contributed by atoms with Crippen LogP contribution in [0.3, 0.4) is 0 Å². The number of rotatable bonds is 3. The van der Waals surface area contributed by atoms with E-state index in [1.54, 1.807) is 0 Å². The van der Waals surface area contributed by atoms with Crippen LogP contribution in [0.25, 0.3) is 153 Å². The van der Waals surface area contributed by atoms with Crippen LogP contribution in [-0.4, -0.2) is 20.8 Å². The molecule has 3 nitrogen and oxygen atoms in total. The van der Waals surface area contributed by atoms with Crippen molar-refractivity contribution in [3.63, 3.8) is 0 Å². The van der Waals surface area contributed by atoms with Crippen LogP contribution in [0.2, 0.25) is 0 Å². The highest BCUT2D eigenvalue weighted by Gasteiger charge is 2.43. The Balaban J connectivity index is 1.09. The molecule has 91 heavy (non-hydrogen) atoms. The Hall–Kier alpha value is -9.77. The lowest BCUT2D eigenvalue weighted by Gasteiger charge is -2.35. The number of benzene rings is 13. The van der Waals surface area contributed by atoms with Gasteiger partial charge in [0.1, 0.15) is 0 Å². The molecule has 0 atom stereocenters. The van der Waals surface area contributed by atoms with Crippen molar-refractivity contribution in [2.24, 2.45) is 0 Å². The molecule has 0 fully saturated rings. The molecule has 2 aliphatic heterocycles. The van der Waals surface area contributed by atoms with Gasteiger partial charge >= 0.3 is 0 Å². The molecule has 16 aromatic rings. The van der Waals surface area contributed by atoms with E-state index in [2.05, 4.69) is 311 Å². The lowest BCUT2D eigenvalue weighted by molar-refractivity contribution is 0.590. The van der Waals surface area contributed by atoms with Crippen LogP contribution in [0.4, 0.5) is 0 Å². The number of nitrogens with zero attached hydrogens (tertiary/aromatic N) is 3. The summed E-state index contributed by atoms with van der Waals surface area (Å²) in [6.45, 7) is 27.9. The second-order valence-electron chi connectivity index (χ2n) is 30.7. The van der Waals surface area contributed by atoms with Gasteiger partial charge in [0.25, 0.3) is 6.71 Å². The summed E-state index contributed by atoms with van der Waals surface area (Å²) in [4.78, 5) is 5.20. The van der Waals surface area contributed by atoms with Crippen molar-refractivity contribution in [2.75, 3.05) is 0 Å². The predicted molar refractivity (Wildman–Crippen MR) is 394 cm³/mol. The predicted octanol–water partition coefficient (Wildman–Crippen LogP) is 21.5. The van der Waals surface area contributed by atoms with E-state index in [4.69, 9.17) is 4.98 Å². The third-order valence-electron chi connectivity index (χ3n) is 21.1. The van der Waals surface area contributed by atoms with Crippen LogP contribution >= 0.6 is 0 Å². The summed E-state index contributed by atoms with van der Waals surface area (Å²) < 4.78 is 5.45. The zero-order valence-corrected chi connectivity index (χ0v) is 54.2. The molecule has 5 heterocycles. The summed E-state index contributed by atoms with van der Waals surface area (Å²) in [7, 11) is 0. The highest BCUT2D eigenvalue weighted by Crippen LogP contribution is 2.52. The molecule has 13 aromatic carbocycles. The van der Waals surface area contributed by atoms with E-state index in [0.717, 1.165) is 27.8 Å². The first-order chi connectivity index (χ1) is 43.7. The third-order valence-corrected chi connectivity index (χ3v) is 21.1. The SMILES string of the molecule is CC(C)(C)c1ccc(-c2cncc(-c3ccc(C(C)(C)C)cc3)c2-c2cc3c4c(c2)-n2c5ccc6c7ccccc7c7ccccc7c6c5c5c6c7ccccc7c7ccccc7c6cc(c52)B4c2cc(C(C)(C)C)cc4c5cc(C(C)(C)C)ccc5n-3c24)cc1. The van der Waals surface area contributed by atoms with Crippen molar-refractivity contribution in [1.82, 2.24) is 14.1 Å². The lowest BCUT2D eigenvalue weighted by atomic mass is 9.34. The largest absolute Gasteiger partial charge is 0.310 e. The van der Waals surface area contributed by atoms with Gasteiger partial charge in [-0.25, -0.2) is 0 Å². The fourth-order valence-electron chi connectivity index (χ4n) is 16.5. The Bertz CT molecular complexity index is 5790. The van der Waals surface area contributed by atoms with Gasteiger partial charge in [0.05, 0.1) is 16.6 Å². The first-order valence-corrected chi connectivity index (χ1v) is 32.8. The van der Waals surface area contributed by atoms with Crippen molar-refractivity contribution in [1.29, 1.82) is 0 Å². The Labute approximate surface area is 532 Å². The molecule has 438 valence electrons. The highest BCUT2D eigenvalue weighted by molar-refractivity contribution is 7.00. The van der Waals surface area contributed by atoms with Crippen molar-refractivity contribution < 1.29 is 0 Å². The minimum Gasteiger partial charge on any atom is -0.310 e. The normalized spacial score (nSPS) is 13.5. The smallest absolute Gasteiger partial charge is 0.252 e. The van der Waals surface area contributed by atoms with Crippen LogP contribution in [0.5, 0.6) is 0 Å². The molecule has 0 saturated heterocycles. The Morgan fingerprint density at radius 3 is 1.21 bits per heavy atom. The fraction of sp³-hybridized carbons (Fsp3) is 0.184. The summed E-state index contributed by atoms with van der Waals surface area (Å²) in [6, 6.07) is 80.8.